The maximum absolute atomic E-state index is 7.00. The maximum atomic E-state index is 7.00. The first-order chi connectivity index (χ1) is 27.3. The van der Waals surface area contributed by atoms with E-state index in [1.54, 1.807) is 0 Å². The van der Waals surface area contributed by atoms with E-state index in [9.17, 15) is 0 Å². The molecule has 1 aliphatic heterocycles. The molecule has 0 amide bonds. The highest BCUT2D eigenvalue weighted by Crippen LogP contribution is 2.51. The van der Waals surface area contributed by atoms with Crippen LogP contribution in [0.25, 0.3) is 99.1 Å². The van der Waals surface area contributed by atoms with Gasteiger partial charge in [-0.3, -0.25) is 0 Å². The van der Waals surface area contributed by atoms with Gasteiger partial charge < -0.3 is 13.9 Å². The van der Waals surface area contributed by atoms with Crippen LogP contribution in [0.2, 0.25) is 0 Å². The summed E-state index contributed by atoms with van der Waals surface area (Å²) < 4.78 is 11.7. The van der Waals surface area contributed by atoms with E-state index in [2.05, 4.69) is 203 Å². The molecule has 3 heteroatoms. The third-order valence-corrected chi connectivity index (χ3v) is 11.5. The number of benzene rings is 9. The zero-order valence-electron chi connectivity index (χ0n) is 29.8. The number of ether oxygens (including phenoxy) is 1. The van der Waals surface area contributed by atoms with Crippen LogP contribution in [0.15, 0.2) is 194 Å². The molecule has 0 bridgehead atoms. The Hall–Kier alpha value is -7.36. The Bertz CT molecular complexity index is 3320. The number of hydrogen-bond donors (Lipinski definition) is 0. The van der Waals surface area contributed by atoms with Gasteiger partial charge in [0.05, 0.1) is 22.1 Å². The molecule has 0 saturated carbocycles. The lowest BCUT2D eigenvalue weighted by atomic mass is 9.92. The van der Waals surface area contributed by atoms with E-state index in [0.717, 1.165) is 39.3 Å². The molecule has 0 unspecified atom stereocenters. The molecule has 0 radical (unpaired) electrons. The number of nitrogens with zero attached hydrogens (tertiary/aromatic N) is 2. The van der Waals surface area contributed by atoms with Gasteiger partial charge in [0.1, 0.15) is 11.5 Å². The van der Waals surface area contributed by atoms with Gasteiger partial charge in [-0.2, -0.15) is 0 Å². The molecular formula is C52H32N2O. The van der Waals surface area contributed by atoms with E-state index < -0.39 is 0 Å². The normalized spacial score (nSPS) is 12.1. The first-order valence-electron chi connectivity index (χ1n) is 18.8. The number of rotatable bonds is 4. The average molecular weight is 701 g/mol. The van der Waals surface area contributed by atoms with Crippen molar-refractivity contribution >= 4 is 54.4 Å². The third-order valence-electron chi connectivity index (χ3n) is 11.5. The second-order valence-electron chi connectivity index (χ2n) is 14.5. The minimum Gasteiger partial charge on any atom is -0.456 e. The molecule has 0 aliphatic carbocycles. The van der Waals surface area contributed by atoms with Gasteiger partial charge in [-0.05, 0) is 81.7 Å². The van der Waals surface area contributed by atoms with E-state index in [4.69, 9.17) is 4.74 Å². The number of para-hydroxylation sites is 3. The fraction of sp³-hybridized carbons (Fsp3) is 0. The van der Waals surface area contributed by atoms with Crippen LogP contribution in [0.4, 0.5) is 0 Å². The van der Waals surface area contributed by atoms with Crippen molar-refractivity contribution in [1.29, 1.82) is 0 Å². The molecule has 9 aromatic carbocycles. The number of aromatic nitrogens is 2. The second kappa shape index (κ2) is 11.6. The Kier molecular flexibility index (Phi) is 6.34. The number of fused-ring (bicyclic) bond motifs is 9. The Labute approximate surface area is 317 Å². The van der Waals surface area contributed by atoms with Crippen molar-refractivity contribution in [3.63, 3.8) is 0 Å². The largest absolute Gasteiger partial charge is 0.456 e. The Balaban J connectivity index is 1.01. The Morgan fingerprint density at radius 3 is 1.69 bits per heavy atom. The maximum Gasteiger partial charge on any atom is 0.138 e. The third kappa shape index (κ3) is 4.44. The average Bonchev–Trinajstić information content (AvgIpc) is 3.77. The van der Waals surface area contributed by atoms with Gasteiger partial charge in [0.25, 0.3) is 0 Å². The van der Waals surface area contributed by atoms with Gasteiger partial charge in [0, 0.05) is 56.0 Å². The molecule has 0 fully saturated rings. The van der Waals surface area contributed by atoms with Crippen LogP contribution in [0.1, 0.15) is 0 Å². The topological polar surface area (TPSA) is 19.1 Å². The van der Waals surface area contributed by atoms with E-state index in [1.807, 2.05) is 0 Å². The summed E-state index contributed by atoms with van der Waals surface area (Å²) >= 11 is 0. The molecule has 3 nitrogen and oxygen atoms in total. The molecule has 12 rings (SSSR count). The van der Waals surface area contributed by atoms with Crippen LogP contribution in [0.5, 0.6) is 11.5 Å². The van der Waals surface area contributed by atoms with Gasteiger partial charge >= 0.3 is 0 Å². The highest BCUT2D eigenvalue weighted by Gasteiger charge is 2.25. The molecule has 55 heavy (non-hydrogen) atoms. The minimum atomic E-state index is 0.861. The smallest absolute Gasteiger partial charge is 0.138 e. The summed E-state index contributed by atoms with van der Waals surface area (Å²) in [6, 6.07) is 70.0. The van der Waals surface area contributed by atoms with Gasteiger partial charge in [0.2, 0.25) is 0 Å². The fourth-order valence-corrected chi connectivity index (χ4v) is 9.05. The fourth-order valence-electron chi connectivity index (χ4n) is 9.05. The van der Waals surface area contributed by atoms with Crippen LogP contribution in [0, 0.1) is 0 Å². The standard InChI is InChI=1S/C52H32N2O/c1-3-12-33(13-4-1)34-22-24-35(25-23-34)36-26-29-47-44(30-36)39-16-7-9-20-45(39)54(47)38-27-28-40-41-18-11-19-43-51-42-17-8-10-21-46(42)53(37-14-5-2-6-15-37)48(51)32-50(52(41)43)55-49(40)31-38/h1-32H. The van der Waals surface area contributed by atoms with E-state index in [0.29, 0.717) is 0 Å². The summed E-state index contributed by atoms with van der Waals surface area (Å²) in [5.74, 6) is 1.74. The lowest BCUT2D eigenvalue weighted by Gasteiger charge is -2.23. The van der Waals surface area contributed by atoms with Crippen molar-refractivity contribution in [2.24, 2.45) is 0 Å². The summed E-state index contributed by atoms with van der Waals surface area (Å²) in [5, 5.41) is 7.31. The monoisotopic (exact) mass is 700 g/mol. The van der Waals surface area contributed by atoms with Crippen molar-refractivity contribution in [1.82, 2.24) is 9.13 Å². The molecule has 0 atom stereocenters. The van der Waals surface area contributed by atoms with Gasteiger partial charge in [-0.15, -0.1) is 0 Å². The van der Waals surface area contributed by atoms with Crippen molar-refractivity contribution in [2.45, 2.75) is 0 Å². The number of hydrogen-bond acceptors (Lipinski definition) is 1. The summed E-state index contributed by atoms with van der Waals surface area (Å²) in [5.41, 5.74) is 14.0. The zero-order valence-corrected chi connectivity index (χ0v) is 29.8. The van der Waals surface area contributed by atoms with Crippen LogP contribution >= 0.6 is 0 Å². The van der Waals surface area contributed by atoms with E-state index in [1.165, 1.54) is 71.3 Å². The summed E-state index contributed by atoms with van der Waals surface area (Å²) in [4.78, 5) is 0. The van der Waals surface area contributed by atoms with E-state index in [-0.39, 0.29) is 0 Å². The quantitative estimate of drug-likeness (QED) is 0.179. The molecule has 0 N–H and O–H groups in total. The summed E-state index contributed by atoms with van der Waals surface area (Å²) in [6.07, 6.45) is 0. The highest BCUT2D eigenvalue weighted by atomic mass is 16.5. The molecule has 0 spiro atoms. The first kappa shape index (κ1) is 30.1. The van der Waals surface area contributed by atoms with Crippen molar-refractivity contribution in [2.75, 3.05) is 0 Å². The summed E-state index contributed by atoms with van der Waals surface area (Å²) in [7, 11) is 0. The highest BCUT2D eigenvalue weighted by molar-refractivity contribution is 6.25. The lowest BCUT2D eigenvalue weighted by Crippen LogP contribution is -2.01. The van der Waals surface area contributed by atoms with Gasteiger partial charge in [-0.25, -0.2) is 0 Å². The lowest BCUT2D eigenvalue weighted by molar-refractivity contribution is 0.487. The Morgan fingerprint density at radius 2 is 0.891 bits per heavy atom. The molecule has 2 aromatic heterocycles. The van der Waals surface area contributed by atoms with Crippen molar-refractivity contribution < 1.29 is 4.74 Å². The molecule has 256 valence electrons. The molecular weight excluding hydrogens is 669 g/mol. The minimum absolute atomic E-state index is 0.861. The summed E-state index contributed by atoms with van der Waals surface area (Å²) in [6.45, 7) is 0. The Morgan fingerprint density at radius 1 is 0.291 bits per heavy atom. The second-order valence-corrected chi connectivity index (χ2v) is 14.5. The molecule has 0 saturated heterocycles. The molecule has 3 heterocycles. The van der Waals surface area contributed by atoms with Crippen molar-refractivity contribution in [3.8, 4) is 56.3 Å². The van der Waals surface area contributed by atoms with Crippen LogP contribution in [-0.2, 0) is 0 Å². The van der Waals surface area contributed by atoms with Gasteiger partial charge in [-0.1, -0.05) is 133 Å². The molecule has 1 aliphatic rings. The molecule has 11 aromatic rings. The van der Waals surface area contributed by atoms with Crippen LogP contribution < -0.4 is 4.74 Å². The SMILES string of the molecule is c1ccc(-c2ccc(-c3ccc4c(c3)c3ccccc3n4-c3ccc4c(c3)Oc3cc5c(c6cccc-4c36)c3ccccc3n5-c3ccccc3)cc2)cc1. The zero-order chi connectivity index (χ0) is 36.0. The van der Waals surface area contributed by atoms with Crippen LogP contribution in [-0.4, -0.2) is 9.13 Å². The first-order valence-corrected chi connectivity index (χ1v) is 18.8. The predicted molar refractivity (Wildman–Crippen MR) is 229 cm³/mol. The van der Waals surface area contributed by atoms with Crippen molar-refractivity contribution in [3.05, 3.63) is 194 Å². The van der Waals surface area contributed by atoms with Gasteiger partial charge in [0.15, 0.2) is 0 Å². The van der Waals surface area contributed by atoms with E-state index >= 15 is 0 Å². The van der Waals surface area contributed by atoms with Crippen LogP contribution in [0.3, 0.4) is 0 Å². The predicted octanol–water partition coefficient (Wildman–Crippen LogP) is 14.1.